The standard InChI is InChI=1S/C19H21N5O3S2/c1-2-21-18-15-5-3-4-6-16(15)23-19(24-18)28-12-17(25)22-11-13-7-9-14(10-8-13)29(20,26)27/h3-10H,2,11-12H2,1H3,(H,22,25)(H2,20,26,27)(H,21,23,24). The second-order valence-electron chi connectivity index (χ2n) is 6.16. The molecule has 3 rings (SSSR count). The van der Waals surface area contributed by atoms with Gasteiger partial charge in [-0.3, -0.25) is 4.79 Å². The molecule has 8 nitrogen and oxygen atoms in total. The molecule has 0 unspecified atom stereocenters. The monoisotopic (exact) mass is 431 g/mol. The van der Waals surface area contributed by atoms with Gasteiger partial charge in [0.05, 0.1) is 16.2 Å². The molecule has 1 amide bonds. The molecule has 0 spiro atoms. The van der Waals surface area contributed by atoms with Gasteiger partial charge in [-0.25, -0.2) is 23.5 Å². The van der Waals surface area contributed by atoms with Crippen molar-refractivity contribution in [3.63, 3.8) is 0 Å². The van der Waals surface area contributed by atoms with E-state index in [1.807, 2.05) is 31.2 Å². The van der Waals surface area contributed by atoms with Crippen LogP contribution < -0.4 is 15.8 Å². The van der Waals surface area contributed by atoms with E-state index in [0.717, 1.165) is 28.8 Å². The molecule has 0 bridgehead atoms. The molecule has 152 valence electrons. The normalized spacial score (nSPS) is 11.4. The zero-order valence-electron chi connectivity index (χ0n) is 15.8. The smallest absolute Gasteiger partial charge is 0.238 e. The quantitative estimate of drug-likeness (QED) is 0.368. The summed E-state index contributed by atoms with van der Waals surface area (Å²) in [6, 6.07) is 13.8. The number of fused-ring (bicyclic) bond motifs is 1. The van der Waals surface area contributed by atoms with E-state index in [4.69, 9.17) is 5.14 Å². The molecule has 0 aliphatic rings. The molecule has 0 fully saturated rings. The minimum atomic E-state index is -3.72. The Labute approximate surface area is 173 Å². The number of aromatic nitrogens is 2. The molecule has 29 heavy (non-hydrogen) atoms. The Bertz CT molecular complexity index is 1120. The van der Waals surface area contributed by atoms with Crippen LogP contribution in [0.5, 0.6) is 0 Å². The summed E-state index contributed by atoms with van der Waals surface area (Å²) < 4.78 is 22.5. The van der Waals surface area contributed by atoms with Crippen molar-refractivity contribution in [2.75, 3.05) is 17.6 Å². The van der Waals surface area contributed by atoms with Crippen molar-refractivity contribution in [1.29, 1.82) is 0 Å². The summed E-state index contributed by atoms with van der Waals surface area (Å²) in [4.78, 5) is 21.2. The first-order valence-electron chi connectivity index (χ1n) is 8.88. The van der Waals surface area contributed by atoms with Crippen LogP contribution in [-0.2, 0) is 21.4 Å². The second-order valence-corrected chi connectivity index (χ2v) is 8.66. The maximum atomic E-state index is 12.2. The largest absolute Gasteiger partial charge is 0.370 e. The molecule has 0 atom stereocenters. The Hall–Kier alpha value is -2.69. The fourth-order valence-corrected chi connectivity index (χ4v) is 3.80. The van der Waals surface area contributed by atoms with E-state index in [9.17, 15) is 13.2 Å². The summed E-state index contributed by atoms with van der Waals surface area (Å²) in [6.45, 7) is 3.01. The highest BCUT2D eigenvalue weighted by atomic mass is 32.2. The summed E-state index contributed by atoms with van der Waals surface area (Å²) in [6.07, 6.45) is 0. The van der Waals surface area contributed by atoms with E-state index in [0.29, 0.717) is 5.16 Å². The van der Waals surface area contributed by atoms with Crippen molar-refractivity contribution in [3.8, 4) is 0 Å². The first-order chi connectivity index (χ1) is 13.9. The van der Waals surface area contributed by atoms with E-state index in [-0.39, 0.29) is 23.1 Å². The molecule has 1 heterocycles. The molecule has 0 radical (unpaired) electrons. The summed E-state index contributed by atoms with van der Waals surface area (Å²) in [7, 11) is -3.72. The number of anilines is 1. The minimum Gasteiger partial charge on any atom is -0.370 e. The Balaban J connectivity index is 1.59. The van der Waals surface area contributed by atoms with Crippen LogP contribution in [0.25, 0.3) is 10.9 Å². The number of amides is 1. The zero-order chi connectivity index (χ0) is 20.9. The number of nitrogens with one attached hydrogen (secondary N) is 2. The van der Waals surface area contributed by atoms with Gasteiger partial charge in [-0.05, 0) is 36.8 Å². The van der Waals surface area contributed by atoms with Crippen LogP contribution in [0.3, 0.4) is 0 Å². The number of hydrogen-bond acceptors (Lipinski definition) is 7. The number of nitrogens with zero attached hydrogens (tertiary/aromatic N) is 2. The molecular weight excluding hydrogens is 410 g/mol. The average molecular weight is 432 g/mol. The topological polar surface area (TPSA) is 127 Å². The van der Waals surface area contributed by atoms with Crippen LogP contribution in [0.2, 0.25) is 0 Å². The van der Waals surface area contributed by atoms with Gasteiger partial charge in [0.2, 0.25) is 15.9 Å². The molecule has 4 N–H and O–H groups in total. The van der Waals surface area contributed by atoms with Gasteiger partial charge in [-0.1, -0.05) is 36.0 Å². The highest BCUT2D eigenvalue weighted by Gasteiger charge is 2.10. The van der Waals surface area contributed by atoms with E-state index in [2.05, 4.69) is 20.6 Å². The summed E-state index contributed by atoms with van der Waals surface area (Å²) >= 11 is 1.25. The van der Waals surface area contributed by atoms with Crippen molar-refractivity contribution >= 4 is 44.4 Å². The first kappa shape index (κ1) is 21.0. The van der Waals surface area contributed by atoms with Gasteiger partial charge in [0.1, 0.15) is 5.82 Å². The lowest BCUT2D eigenvalue weighted by Crippen LogP contribution is -2.24. The number of rotatable bonds is 8. The predicted molar refractivity (Wildman–Crippen MR) is 114 cm³/mol. The average Bonchev–Trinajstić information content (AvgIpc) is 2.70. The van der Waals surface area contributed by atoms with Crippen molar-refractivity contribution in [3.05, 3.63) is 54.1 Å². The third-order valence-corrected chi connectivity index (χ3v) is 5.78. The molecule has 1 aromatic heterocycles. The highest BCUT2D eigenvalue weighted by molar-refractivity contribution is 7.99. The minimum absolute atomic E-state index is 0.0353. The maximum absolute atomic E-state index is 12.2. The number of para-hydroxylation sites is 1. The Morgan fingerprint density at radius 3 is 2.52 bits per heavy atom. The lowest BCUT2D eigenvalue weighted by atomic mass is 10.2. The predicted octanol–water partition coefficient (Wildman–Crippen LogP) is 2.12. The number of carbonyl (C=O) groups excluding carboxylic acids is 1. The molecule has 0 saturated heterocycles. The number of hydrogen-bond donors (Lipinski definition) is 3. The molecule has 0 saturated carbocycles. The van der Waals surface area contributed by atoms with E-state index >= 15 is 0 Å². The molecule has 0 aliphatic heterocycles. The number of benzene rings is 2. The fraction of sp³-hybridized carbons (Fsp3) is 0.211. The van der Waals surface area contributed by atoms with Gasteiger partial charge in [0, 0.05) is 18.5 Å². The van der Waals surface area contributed by atoms with Crippen molar-refractivity contribution in [2.45, 2.75) is 23.5 Å². The third kappa shape index (κ3) is 5.66. The van der Waals surface area contributed by atoms with Gasteiger partial charge < -0.3 is 10.6 Å². The number of carbonyl (C=O) groups is 1. The first-order valence-corrected chi connectivity index (χ1v) is 11.4. The lowest BCUT2D eigenvalue weighted by Gasteiger charge is -2.09. The Morgan fingerprint density at radius 1 is 1.10 bits per heavy atom. The molecular formula is C19H21N5O3S2. The van der Waals surface area contributed by atoms with Gasteiger partial charge in [-0.2, -0.15) is 0 Å². The van der Waals surface area contributed by atoms with Crippen LogP contribution in [0, 0.1) is 0 Å². The molecule has 10 heteroatoms. The molecule has 2 aromatic carbocycles. The summed E-state index contributed by atoms with van der Waals surface area (Å²) in [5.74, 6) is 0.738. The van der Waals surface area contributed by atoms with E-state index in [1.54, 1.807) is 12.1 Å². The second kappa shape index (κ2) is 9.21. The summed E-state index contributed by atoms with van der Waals surface area (Å²) in [5, 5.41) is 12.5. The number of sulfonamides is 1. The Morgan fingerprint density at radius 2 is 1.83 bits per heavy atom. The van der Waals surface area contributed by atoms with Crippen molar-refractivity contribution in [1.82, 2.24) is 15.3 Å². The van der Waals surface area contributed by atoms with Crippen LogP contribution in [0.1, 0.15) is 12.5 Å². The lowest BCUT2D eigenvalue weighted by molar-refractivity contribution is -0.118. The number of nitrogens with two attached hydrogens (primary N) is 1. The van der Waals surface area contributed by atoms with Crippen LogP contribution in [0.4, 0.5) is 5.82 Å². The third-order valence-electron chi connectivity index (χ3n) is 4.00. The molecule has 3 aromatic rings. The van der Waals surface area contributed by atoms with E-state index < -0.39 is 10.0 Å². The highest BCUT2D eigenvalue weighted by Crippen LogP contribution is 2.24. The Kier molecular flexibility index (Phi) is 6.68. The van der Waals surface area contributed by atoms with Gasteiger partial charge in [0.15, 0.2) is 5.16 Å². The zero-order valence-corrected chi connectivity index (χ0v) is 17.4. The fourth-order valence-electron chi connectivity index (χ4n) is 2.60. The van der Waals surface area contributed by atoms with Crippen LogP contribution >= 0.6 is 11.8 Å². The van der Waals surface area contributed by atoms with E-state index in [1.165, 1.54) is 23.9 Å². The van der Waals surface area contributed by atoms with Crippen LogP contribution in [0.15, 0.2) is 58.6 Å². The maximum Gasteiger partial charge on any atom is 0.238 e. The van der Waals surface area contributed by atoms with Gasteiger partial charge in [0.25, 0.3) is 0 Å². The van der Waals surface area contributed by atoms with Crippen molar-refractivity contribution in [2.24, 2.45) is 5.14 Å². The van der Waals surface area contributed by atoms with Crippen molar-refractivity contribution < 1.29 is 13.2 Å². The SMILES string of the molecule is CCNc1nc(SCC(=O)NCc2ccc(S(N)(=O)=O)cc2)nc2ccccc12. The van der Waals surface area contributed by atoms with Gasteiger partial charge in [-0.15, -0.1) is 0 Å². The summed E-state index contributed by atoms with van der Waals surface area (Å²) in [5.41, 5.74) is 1.59. The molecule has 0 aliphatic carbocycles. The van der Waals surface area contributed by atoms with Gasteiger partial charge >= 0.3 is 0 Å². The number of primary sulfonamides is 1. The number of thioether (sulfide) groups is 1. The van der Waals surface area contributed by atoms with Crippen LogP contribution in [-0.4, -0.2) is 36.6 Å².